The van der Waals surface area contributed by atoms with Gasteiger partial charge in [0.1, 0.15) is 11.8 Å². The highest BCUT2D eigenvalue weighted by Crippen LogP contribution is 2.19. The summed E-state index contributed by atoms with van der Waals surface area (Å²) >= 11 is 6.03. The van der Waals surface area contributed by atoms with E-state index in [0.717, 1.165) is 0 Å². The zero-order valence-corrected chi connectivity index (χ0v) is 17.2. The van der Waals surface area contributed by atoms with Gasteiger partial charge in [-0.1, -0.05) is 49.7 Å². The van der Waals surface area contributed by atoms with E-state index in [1.165, 1.54) is 12.1 Å². The molecule has 0 bridgehead atoms. The van der Waals surface area contributed by atoms with Crippen molar-refractivity contribution in [3.05, 3.63) is 64.7 Å². The number of hydrogen-bond donors (Lipinski definition) is 2. The van der Waals surface area contributed by atoms with Gasteiger partial charge >= 0.3 is 6.18 Å². The van der Waals surface area contributed by atoms with E-state index in [2.05, 4.69) is 15.4 Å². The Morgan fingerprint density at radius 2 is 1.70 bits per heavy atom. The van der Waals surface area contributed by atoms with Crippen LogP contribution in [0, 0.1) is 5.92 Å². The second-order valence-electron chi connectivity index (χ2n) is 6.94. The lowest BCUT2D eigenvalue weighted by molar-refractivity contribution is -0.153. The Bertz CT molecular complexity index is 871. The van der Waals surface area contributed by atoms with Gasteiger partial charge in [0.2, 0.25) is 5.91 Å². The fourth-order valence-electron chi connectivity index (χ4n) is 2.57. The van der Waals surface area contributed by atoms with Crippen LogP contribution in [0.15, 0.2) is 48.5 Å². The smallest absolute Gasteiger partial charge is 0.422 e. The fraction of sp³-hybridized carbons (Fsp3) is 0.333. The van der Waals surface area contributed by atoms with Crippen molar-refractivity contribution >= 4 is 23.4 Å². The van der Waals surface area contributed by atoms with Gasteiger partial charge in [0.15, 0.2) is 6.61 Å². The van der Waals surface area contributed by atoms with Gasteiger partial charge in [-0.25, -0.2) is 0 Å². The van der Waals surface area contributed by atoms with Gasteiger partial charge in [0, 0.05) is 6.54 Å². The molecule has 0 radical (unpaired) electrons. The van der Waals surface area contributed by atoms with E-state index >= 15 is 0 Å². The molecule has 0 aliphatic carbocycles. The number of nitrogens with one attached hydrogen (secondary N) is 2. The summed E-state index contributed by atoms with van der Waals surface area (Å²) in [5.41, 5.74) is 0.940. The molecule has 2 aromatic rings. The van der Waals surface area contributed by atoms with Gasteiger partial charge in [0.05, 0.1) is 10.6 Å². The van der Waals surface area contributed by atoms with Crippen molar-refractivity contribution in [2.75, 3.05) is 6.61 Å². The summed E-state index contributed by atoms with van der Waals surface area (Å²) in [5.74, 6) is -0.951. The van der Waals surface area contributed by atoms with Crippen LogP contribution < -0.4 is 15.4 Å². The number of ether oxygens (including phenoxy) is 1. The number of hydrogen-bond acceptors (Lipinski definition) is 3. The Labute approximate surface area is 177 Å². The predicted octanol–water partition coefficient (Wildman–Crippen LogP) is 4.35. The van der Waals surface area contributed by atoms with E-state index in [1.54, 1.807) is 50.2 Å². The standard InChI is InChI=1S/C21H22ClF3N2O3/c1-13(2)18(27-19(28)16-5-3-4-6-17(16)22)20(29)26-11-14-7-9-15(10-8-14)30-12-21(23,24)25/h3-10,13,18H,11-12H2,1-2H3,(H,26,29)(H,27,28). The van der Waals surface area contributed by atoms with E-state index in [9.17, 15) is 22.8 Å². The maximum absolute atomic E-state index is 12.6. The van der Waals surface area contributed by atoms with Crippen LogP contribution in [0.2, 0.25) is 5.02 Å². The van der Waals surface area contributed by atoms with Crippen molar-refractivity contribution in [1.29, 1.82) is 0 Å². The number of carbonyl (C=O) groups excluding carboxylic acids is 2. The molecule has 9 heteroatoms. The number of halogens is 4. The molecule has 0 saturated heterocycles. The second kappa shape index (κ2) is 10.3. The molecule has 0 fully saturated rings. The summed E-state index contributed by atoms with van der Waals surface area (Å²) in [4.78, 5) is 25.0. The molecule has 2 N–H and O–H groups in total. The molecule has 2 amide bonds. The molecule has 0 heterocycles. The van der Waals surface area contributed by atoms with Crippen LogP contribution in [0.4, 0.5) is 13.2 Å². The molecule has 0 spiro atoms. The highest BCUT2D eigenvalue weighted by Gasteiger charge is 2.28. The zero-order chi connectivity index (χ0) is 22.3. The van der Waals surface area contributed by atoms with Crippen LogP contribution in [0.25, 0.3) is 0 Å². The minimum atomic E-state index is -4.41. The van der Waals surface area contributed by atoms with Gasteiger partial charge in [-0.2, -0.15) is 13.2 Å². The summed E-state index contributed by atoms with van der Waals surface area (Å²) in [5, 5.41) is 5.69. The zero-order valence-electron chi connectivity index (χ0n) is 16.4. The Balaban J connectivity index is 1.94. The van der Waals surface area contributed by atoms with Crippen molar-refractivity contribution in [2.45, 2.75) is 32.6 Å². The summed E-state index contributed by atoms with van der Waals surface area (Å²) in [6.45, 7) is 2.36. The van der Waals surface area contributed by atoms with Crippen LogP contribution in [-0.4, -0.2) is 30.6 Å². The highest BCUT2D eigenvalue weighted by atomic mass is 35.5. The van der Waals surface area contributed by atoms with E-state index in [0.29, 0.717) is 5.56 Å². The van der Waals surface area contributed by atoms with Crippen molar-refractivity contribution in [3.63, 3.8) is 0 Å². The molecule has 0 aromatic heterocycles. The minimum absolute atomic E-state index is 0.0782. The predicted molar refractivity (Wildman–Crippen MR) is 107 cm³/mol. The molecule has 30 heavy (non-hydrogen) atoms. The maximum atomic E-state index is 12.6. The highest BCUT2D eigenvalue weighted by molar-refractivity contribution is 6.33. The first-order valence-corrected chi connectivity index (χ1v) is 9.56. The van der Waals surface area contributed by atoms with E-state index in [1.807, 2.05) is 0 Å². The molecule has 2 aromatic carbocycles. The van der Waals surface area contributed by atoms with Gasteiger partial charge in [-0.3, -0.25) is 9.59 Å². The minimum Gasteiger partial charge on any atom is -0.484 e. The largest absolute Gasteiger partial charge is 0.484 e. The number of alkyl halides is 3. The Kier molecular flexibility index (Phi) is 8.11. The number of amides is 2. The molecular weight excluding hydrogens is 421 g/mol. The number of carbonyl (C=O) groups is 2. The topological polar surface area (TPSA) is 67.4 Å². The normalized spacial score (nSPS) is 12.4. The summed E-state index contributed by atoms with van der Waals surface area (Å²) in [6, 6.07) is 11.6. The van der Waals surface area contributed by atoms with Crippen molar-refractivity contribution < 1.29 is 27.5 Å². The van der Waals surface area contributed by atoms with Crippen molar-refractivity contribution in [1.82, 2.24) is 10.6 Å². The molecule has 0 aliphatic heterocycles. The average molecular weight is 443 g/mol. The van der Waals surface area contributed by atoms with Crippen LogP contribution >= 0.6 is 11.6 Å². The number of benzene rings is 2. The quantitative estimate of drug-likeness (QED) is 0.638. The average Bonchev–Trinajstić information content (AvgIpc) is 2.68. The van der Waals surface area contributed by atoms with Crippen molar-refractivity contribution in [2.24, 2.45) is 5.92 Å². The molecule has 5 nitrogen and oxygen atoms in total. The van der Waals surface area contributed by atoms with E-state index < -0.39 is 24.7 Å². The van der Waals surface area contributed by atoms with Crippen LogP contribution in [0.3, 0.4) is 0 Å². The Morgan fingerprint density at radius 3 is 2.27 bits per heavy atom. The summed E-state index contributed by atoms with van der Waals surface area (Å²) < 4.78 is 41.2. The maximum Gasteiger partial charge on any atom is 0.422 e. The molecule has 162 valence electrons. The first-order chi connectivity index (χ1) is 14.1. The third-order valence-electron chi connectivity index (χ3n) is 4.15. The Hall–Kier alpha value is -2.74. The number of rotatable bonds is 8. The molecule has 0 saturated carbocycles. The molecular formula is C21H22ClF3N2O3. The van der Waals surface area contributed by atoms with E-state index in [-0.39, 0.29) is 34.7 Å². The third-order valence-corrected chi connectivity index (χ3v) is 4.48. The SMILES string of the molecule is CC(C)C(NC(=O)c1ccccc1Cl)C(=O)NCc1ccc(OCC(F)(F)F)cc1. The molecule has 2 rings (SSSR count). The first kappa shape index (κ1) is 23.5. The molecule has 0 aliphatic rings. The Morgan fingerprint density at radius 1 is 1.07 bits per heavy atom. The molecule has 1 atom stereocenters. The van der Waals surface area contributed by atoms with E-state index in [4.69, 9.17) is 11.6 Å². The fourth-order valence-corrected chi connectivity index (χ4v) is 2.79. The van der Waals surface area contributed by atoms with Gasteiger partial charge in [0.25, 0.3) is 5.91 Å². The molecule has 1 unspecified atom stereocenters. The van der Waals surface area contributed by atoms with Gasteiger partial charge in [-0.05, 0) is 35.7 Å². The monoisotopic (exact) mass is 442 g/mol. The first-order valence-electron chi connectivity index (χ1n) is 9.18. The lowest BCUT2D eigenvalue weighted by Gasteiger charge is -2.22. The second-order valence-corrected chi connectivity index (χ2v) is 7.35. The van der Waals surface area contributed by atoms with Gasteiger partial charge < -0.3 is 15.4 Å². The van der Waals surface area contributed by atoms with Gasteiger partial charge in [-0.15, -0.1) is 0 Å². The summed E-state index contributed by atoms with van der Waals surface area (Å²) in [7, 11) is 0. The van der Waals surface area contributed by atoms with Crippen LogP contribution in [-0.2, 0) is 11.3 Å². The van der Waals surface area contributed by atoms with Crippen molar-refractivity contribution in [3.8, 4) is 5.75 Å². The lowest BCUT2D eigenvalue weighted by Crippen LogP contribution is -2.49. The summed E-state index contributed by atoms with van der Waals surface area (Å²) in [6.07, 6.45) is -4.41. The third kappa shape index (κ3) is 7.26. The van der Waals surface area contributed by atoms with Crippen LogP contribution in [0.1, 0.15) is 29.8 Å². The van der Waals surface area contributed by atoms with Crippen LogP contribution in [0.5, 0.6) is 5.75 Å². The lowest BCUT2D eigenvalue weighted by atomic mass is 10.0.